The van der Waals surface area contributed by atoms with Crippen molar-refractivity contribution in [3.05, 3.63) is 47.9 Å². The molecule has 0 bridgehead atoms. The molecule has 0 radical (unpaired) electrons. The van der Waals surface area contributed by atoms with E-state index in [2.05, 4.69) is 20.3 Å². The molecule has 0 aliphatic carbocycles. The summed E-state index contributed by atoms with van der Waals surface area (Å²) >= 11 is 0. The lowest BCUT2D eigenvalue weighted by Crippen LogP contribution is -2.50. The highest BCUT2D eigenvalue weighted by atomic mass is 32.2. The molecule has 2 aromatic heterocycles. The van der Waals surface area contributed by atoms with Gasteiger partial charge in [0.25, 0.3) is 0 Å². The van der Waals surface area contributed by atoms with Gasteiger partial charge in [0.05, 0.1) is 23.6 Å². The zero-order valence-corrected chi connectivity index (χ0v) is 20.1. The largest absolute Gasteiger partial charge is 0.493 e. The van der Waals surface area contributed by atoms with Gasteiger partial charge in [-0.3, -0.25) is 4.21 Å². The molecule has 1 saturated heterocycles. The summed E-state index contributed by atoms with van der Waals surface area (Å²) in [7, 11) is -2.47. The highest BCUT2D eigenvalue weighted by Gasteiger charge is 2.48. The van der Waals surface area contributed by atoms with E-state index in [-0.39, 0.29) is 22.8 Å². The van der Waals surface area contributed by atoms with Crippen molar-refractivity contribution in [3.8, 4) is 5.75 Å². The second kappa shape index (κ2) is 8.66. The van der Waals surface area contributed by atoms with E-state index < -0.39 is 33.2 Å². The van der Waals surface area contributed by atoms with Crippen LogP contribution in [0.1, 0.15) is 30.1 Å². The molecule has 3 aromatic rings. The molecule has 8 nitrogen and oxygen atoms in total. The van der Waals surface area contributed by atoms with Gasteiger partial charge in [0.1, 0.15) is 29.2 Å². The van der Waals surface area contributed by atoms with Crippen LogP contribution in [0.25, 0.3) is 11.0 Å². The number of alkyl halides is 3. The van der Waals surface area contributed by atoms with Gasteiger partial charge in [-0.05, 0) is 25.0 Å². The first-order chi connectivity index (χ1) is 16.6. The van der Waals surface area contributed by atoms with Crippen LogP contribution < -0.4 is 10.1 Å². The van der Waals surface area contributed by atoms with Gasteiger partial charge in [0.2, 0.25) is 0 Å². The number of fused-ring (bicyclic) bond motifs is 2. The quantitative estimate of drug-likeness (QED) is 0.540. The molecule has 35 heavy (non-hydrogen) atoms. The number of hydrogen-bond acceptors (Lipinski definition) is 7. The van der Waals surface area contributed by atoms with E-state index in [1.807, 2.05) is 24.3 Å². The molecule has 2 aliphatic heterocycles. The first kappa shape index (κ1) is 23.9. The van der Waals surface area contributed by atoms with E-state index >= 15 is 0 Å². The van der Waals surface area contributed by atoms with Crippen LogP contribution in [0, 0.1) is 5.92 Å². The SMILES string of the molecule is CS(C)(=O)=NC1([C@H]2COc3ccccc3[C@@H]2Nc2ncnc3[nH]c(C(F)(F)F)cc23)CCOCC1. The van der Waals surface area contributed by atoms with Crippen LogP contribution in [0.15, 0.2) is 41.0 Å². The summed E-state index contributed by atoms with van der Waals surface area (Å²) < 4.78 is 69.5. The van der Waals surface area contributed by atoms with Gasteiger partial charge in [-0.2, -0.15) is 13.2 Å². The maximum absolute atomic E-state index is 13.4. The fraction of sp³-hybridized carbons (Fsp3) is 0.478. The number of aromatic amines is 1. The number of H-pyrrole nitrogens is 1. The van der Waals surface area contributed by atoms with Gasteiger partial charge in [0, 0.05) is 46.9 Å². The lowest BCUT2D eigenvalue weighted by atomic mass is 9.72. The molecule has 2 N–H and O–H groups in total. The summed E-state index contributed by atoms with van der Waals surface area (Å²) in [4.78, 5) is 10.6. The van der Waals surface area contributed by atoms with Crippen LogP contribution >= 0.6 is 0 Å². The highest BCUT2D eigenvalue weighted by molar-refractivity contribution is 7.92. The Kier molecular flexibility index (Phi) is 5.91. The Balaban J connectivity index is 1.63. The molecule has 12 heteroatoms. The molecular weight excluding hydrogens is 483 g/mol. The first-order valence-corrected chi connectivity index (χ1v) is 13.5. The van der Waals surface area contributed by atoms with Crippen molar-refractivity contribution in [2.24, 2.45) is 10.3 Å². The molecule has 4 heterocycles. The van der Waals surface area contributed by atoms with Gasteiger partial charge in [0.15, 0.2) is 0 Å². The standard InChI is InChI=1S/C23H26F3N5O3S/c1-35(2,32)31-22(7-9-33-10-8-22)16-12-34-17-6-4-3-5-14(17)19(16)30-21-15-11-18(23(24,25)26)29-20(15)27-13-28-21/h3-6,11,13,16,19H,7-10,12H2,1-2H3,(H2,27,28,29,30)/t16-,19-/m0/s1. The number of para-hydroxylation sites is 1. The molecular formula is C23H26F3N5O3S. The van der Waals surface area contributed by atoms with Crippen molar-refractivity contribution in [1.82, 2.24) is 15.0 Å². The smallest absolute Gasteiger partial charge is 0.431 e. The van der Waals surface area contributed by atoms with E-state index in [0.717, 1.165) is 11.6 Å². The fourth-order valence-corrected chi connectivity index (χ4v) is 6.25. The molecule has 2 aliphatic rings. The summed E-state index contributed by atoms with van der Waals surface area (Å²) in [6, 6.07) is 8.11. The molecule has 5 rings (SSSR count). The molecule has 0 saturated carbocycles. The highest BCUT2D eigenvalue weighted by Crippen LogP contribution is 2.47. The van der Waals surface area contributed by atoms with Gasteiger partial charge in [-0.15, -0.1) is 0 Å². The van der Waals surface area contributed by atoms with E-state index in [1.54, 1.807) is 12.5 Å². The Labute approximate surface area is 200 Å². The average molecular weight is 510 g/mol. The molecule has 1 fully saturated rings. The third-order valence-corrected chi connectivity index (χ3v) is 7.35. The fourth-order valence-electron chi connectivity index (χ4n) is 5.05. The maximum atomic E-state index is 13.4. The Bertz CT molecular complexity index is 1350. The van der Waals surface area contributed by atoms with E-state index in [0.29, 0.717) is 38.4 Å². The number of nitrogens with one attached hydrogen (secondary N) is 2. The van der Waals surface area contributed by atoms with Crippen molar-refractivity contribution in [2.45, 2.75) is 30.6 Å². The lowest BCUT2D eigenvalue weighted by molar-refractivity contribution is -0.140. The number of benzene rings is 1. The second-order valence-corrected chi connectivity index (χ2v) is 11.8. The van der Waals surface area contributed by atoms with Crippen molar-refractivity contribution in [3.63, 3.8) is 0 Å². The average Bonchev–Trinajstić information content (AvgIpc) is 3.25. The van der Waals surface area contributed by atoms with Crippen LogP contribution in [0.5, 0.6) is 5.75 Å². The third kappa shape index (κ3) is 4.68. The molecule has 0 spiro atoms. The summed E-state index contributed by atoms with van der Waals surface area (Å²) in [6.45, 7) is 1.23. The van der Waals surface area contributed by atoms with Crippen molar-refractivity contribution < 1.29 is 26.9 Å². The summed E-state index contributed by atoms with van der Waals surface area (Å²) in [6.07, 6.45) is 1.01. The van der Waals surface area contributed by atoms with E-state index in [1.165, 1.54) is 6.33 Å². The Morgan fingerprint density at radius 1 is 1.20 bits per heavy atom. The minimum absolute atomic E-state index is 0.0855. The number of ether oxygens (including phenoxy) is 2. The summed E-state index contributed by atoms with van der Waals surface area (Å²) in [5.74, 6) is 0.671. The Hall–Kier alpha value is -2.86. The van der Waals surface area contributed by atoms with Crippen molar-refractivity contribution >= 4 is 26.6 Å². The van der Waals surface area contributed by atoms with Crippen LogP contribution in [0.4, 0.5) is 19.0 Å². The number of aromatic nitrogens is 3. The molecule has 2 atom stereocenters. The first-order valence-electron chi connectivity index (χ1n) is 11.2. The zero-order valence-electron chi connectivity index (χ0n) is 19.3. The molecule has 188 valence electrons. The maximum Gasteiger partial charge on any atom is 0.431 e. The van der Waals surface area contributed by atoms with Crippen LogP contribution in [-0.4, -0.2) is 57.0 Å². The second-order valence-electron chi connectivity index (χ2n) is 9.23. The third-order valence-electron chi connectivity index (χ3n) is 6.55. The number of rotatable bonds is 4. The van der Waals surface area contributed by atoms with Crippen molar-refractivity contribution in [1.29, 1.82) is 0 Å². The molecule has 0 amide bonds. The zero-order chi connectivity index (χ0) is 24.8. The van der Waals surface area contributed by atoms with Gasteiger partial charge < -0.3 is 19.8 Å². The van der Waals surface area contributed by atoms with Crippen LogP contribution in [0.2, 0.25) is 0 Å². The predicted octanol–water partition coefficient (Wildman–Crippen LogP) is 4.42. The number of hydrogen-bond donors (Lipinski definition) is 2. The normalized spacial score (nSPS) is 22.3. The molecule has 0 unspecified atom stereocenters. The van der Waals surface area contributed by atoms with Crippen LogP contribution in [-0.2, 0) is 20.6 Å². The number of anilines is 1. The number of halogens is 3. The Morgan fingerprint density at radius 3 is 2.66 bits per heavy atom. The van der Waals surface area contributed by atoms with E-state index in [4.69, 9.17) is 13.8 Å². The van der Waals surface area contributed by atoms with Gasteiger partial charge in [-0.25, -0.2) is 14.3 Å². The monoisotopic (exact) mass is 509 g/mol. The summed E-state index contributed by atoms with van der Waals surface area (Å²) in [5, 5.41) is 3.62. The minimum Gasteiger partial charge on any atom is -0.493 e. The minimum atomic E-state index is -4.54. The van der Waals surface area contributed by atoms with Gasteiger partial charge >= 0.3 is 6.18 Å². The van der Waals surface area contributed by atoms with Crippen LogP contribution in [0.3, 0.4) is 0 Å². The number of nitrogens with zero attached hydrogens (tertiary/aromatic N) is 3. The predicted molar refractivity (Wildman–Crippen MR) is 126 cm³/mol. The molecule has 1 aromatic carbocycles. The van der Waals surface area contributed by atoms with Crippen molar-refractivity contribution in [2.75, 3.05) is 37.6 Å². The topological polar surface area (TPSA) is 101 Å². The lowest BCUT2D eigenvalue weighted by Gasteiger charge is -2.46. The Morgan fingerprint density at radius 2 is 1.94 bits per heavy atom. The van der Waals surface area contributed by atoms with Gasteiger partial charge in [-0.1, -0.05) is 18.2 Å². The summed E-state index contributed by atoms with van der Waals surface area (Å²) in [5.41, 5.74) is -0.678. The van der Waals surface area contributed by atoms with E-state index in [9.17, 15) is 17.4 Å².